The Morgan fingerprint density at radius 3 is 2.58 bits per heavy atom. The molecule has 7 nitrogen and oxygen atoms in total. The Labute approximate surface area is 198 Å². The van der Waals surface area contributed by atoms with Gasteiger partial charge in [-0.15, -0.1) is 0 Å². The Morgan fingerprint density at radius 1 is 1.03 bits per heavy atom. The lowest BCUT2D eigenvalue weighted by Gasteiger charge is -2.36. The fraction of sp³-hybridized carbons (Fsp3) is 0.320. The van der Waals surface area contributed by atoms with E-state index < -0.39 is 0 Å². The number of carbonyl (C=O) groups excluding carboxylic acids is 1. The molecule has 1 saturated heterocycles. The van der Waals surface area contributed by atoms with Crippen molar-refractivity contribution in [2.24, 2.45) is 0 Å². The Kier molecular flexibility index (Phi) is 7.29. The summed E-state index contributed by atoms with van der Waals surface area (Å²) in [4.78, 5) is 29.1. The zero-order valence-electron chi connectivity index (χ0n) is 18.6. The van der Waals surface area contributed by atoms with Crippen molar-refractivity contribution in [1.82, 2.24) is 14.7 Å². The summed E-state index contributed by atoms with van der Waals surface area (Å²) in [7, 11) is 1.61. The minimum Gasteiger partial charge on any atom is -0.497 e. The first-order chi connectivity index (χ1) is 16.0. The molecule has 0 bridgehead atoms. The van der Waals surface area contributed by atoms with E-state index in [1.54, 1.807) is 13.2 Å². The van der Waals surface area contributed by atoms with Crippen LogP contribution in [0.2, 0.25) is 5.02 Å². The van der Waals surface area contributed by atoms with Gasteiger partial charge >= 0.3 is 0 Å². The number of carbonyl (C=O) groups is 1. The number of ether oxygens (including phenoxy) is 1. The van der Waals surface area contributed by atoms with Crippen LogP contribution in [0.4, 0.5) is 5.69 Å². The zero-order chi connectivity index (χ0) is 23.2. The molecule has 0 N–H and O–H groups in total. The standard InChI is InChI=1S/C25H27ClN4O3/c1-33-22-8-2-5-19(17-22)23-10-11-25(32)30(27-23)12-4-9-24(31)29-15-13-28(14-16-29)21-7-3-6-20(26)18-21/h2-3,5-8,10-11,17-18H,4,9,12-16H2,1H3. The normalized spacial score (nSPS) is 13.8. The second-order valence-electron chi connectivity index (χ2n) is 7.96. The molecule has 0 atom stereocenters. The molecule has 1 fully saturated rings. The number of methoxy groups -OCH3 is 1. The van der Waals surface area contributed by atoms with E-state index in [0.717, 1.165) is 30.1 Å². The number of benzene rings is 2. The Hall–Kier alpha value is -3.32. The number of piperazine rings is 1. The lowest BCUT2D eigenvalue weighted by molar-refractivity contribution is -0.131. The molecule has 172 valence electrons. The van der Waals surface area contributed by atoms with Crippen LogP contribution in [-0.2, 0) is 11.3 Å². The highest BCUT2D eigenvalue weighted by Crippen LogP contribution is 2.22. The van der Waals surface area contributed by atoms with Crippen molar-refractivity contribution >= 4 is 23.2 Å². The van der Waals surface area contributed by atoms with Crippen molar-refractivity contribution in [2.75, 3.05) is 38.2 Å². The molecule has 4 rings (SSSR count). The molecule has 0 saturated carbocycles. The molecule has 0 spiro atoms. The van der Waals surface area contributed by atoms with Gasteiger partial charge in [-0.25, -0.2) is 4.68 Å². The van der Waals surface area contributed by atoms with Crippen molar-refractivity contribution in [3.05, 3.63) is 76.0 Å². The van der Waals surface area contributed by atoms with E-state index in [1.165, 1.54) is 10.7 Å². The van der Waals surface area contributed by atoms with E-state index in [-0.39, 0.29) is 11.5 Å². The molecule has 2 aromatic carbocycles. The molecular weight excluding hydrogens is 440 g/mol. The minimum atomic E-state index is -0.177. The maximum atomic E-state index is 12.7. The molecular formula is C25H27ClN4O3. The number of hydrogen-bond donors (Lipinski definition) is 0. The summed E-state index contributed by atoms with van der Waals surface area (Å²) in [5.41, 5.74) is 2.47. The highest BCUT2D eigenvalue weighted by Gasteiger charge is 2.21. The van der Waals surface area contributed by atoms with Crippen molar-refractivity contribution in [3.63, 3.8) is 0 Å². The SMILES string of the molecule is COc1cccc(-c2ccc(=O)n(CCCC(=O)N3CCN(c4cccc(Cl)c4)CC3)n2)c1. The summed E-state index contributed by atoms with van der Waals surface area (Å²) in [6.07, 6.45) is 0.941. The molecule has 1 aliphatic rings. The molecule has 1 aliphatic heterocycles. The summed E-state index contributed by atoms with van der Waals surface area (Å²) in [5.74, 6) is 0.839. The number of nitrogens with zero attached hydrogens (tertiary/aromatic N) is 4. The van der Waals surface area contributed by atoms with Gasteiger partial charge in [-0.05, 0) is 42.8 Å². The lowest BCUT2D eigenvalue weighted by Crippen LogP contribution is -2.48. The number of hydrogen-bond acceptors (Lipinski definition) is 5. The number of anilines is 1. The van der Waals surface area contributed by atoms with Crippen LogP contribution >= 0.6 is 11.6 Å². The average molecular weight is 467 g/mol. The quantitative estimate of drug-likeness (QED) is 0.531. The molecule has 2 heterocycles. The second-order valence-corrected chi connectivity index (χ2v) is 8.40. The van der Waals surface area contributed by atoms with Crippen molar-refractivity contribution in [1.29, 1.82) is 0 Å². The van der Waals surface area contributed by atoms with Gasteiger partial charge in [-0.2, -0.15) is 5.10 Å². The van der Waals surface area contributed by atoms with Crippen LogP contribution in [-0.4, -0.2) is 53.9 Å². The van der Waals surface area contributed by atoms with Crippen molar-refractivity contribution in [2.45, 2.75) is 19.4 Å². The van der Waals surface area contributed by atoms with E-state index in [9.17, 15) is 9.59 Å². The summed E-state index contributed by atoms with van der Waals surface area (Å²) in [6.45, 7) is 3.29. The van der Waals surface area contributed by atoms with E-state index in [0.29, 0.717) is 43.2 Å². The fourth-order valence-electron chi connectivity index (χ4n) is 3.97. The third-order valence-corrected chi connectivity index (χ3v) is 6.03. The third-order valence-electron chi connectivity index (χ3n) is 5.80. The maximum Gasteiger partial charge on any atom is 0.266 e. The molecule has 0 aliphatic carbocycles. The van der Waals surface area contributed by atoms with Gasteiger partial charge < -0.3 is 14.5 Å². The number of halogens is 1. The second kappa shape index (κ2) is 10.5. The van der Waals surface area contributed by atoms with Gasteiger partial charge in [0.15, 0.2) is 0 Å². The van der Waals surface area contributed by atoms with Crippen molar-refractivity contribution < 1.29 is 9.53 Å². The topological polar surface area (TPSA) is 67.7 Å². The lowest BCUT2D eigenvalue weighted by atomic mass is 10.1. The summed E-state index contributed by atoms with van der Waals surface area (Å²) >= 11 is 6.09. The summed E-state index contributed by atoms with van der Waals surface area (Å²) in [5, 5.41) is 5.20. The summed E-state index contributed by atoms with van der Waals surface area (Å²) in [6, 6.07) is 18.5. The predicted octanol–water partition coefficient (Wildman–Crippen LogP) is 3.70. The molecule has 8 heteroatoms. The van der Waals surface area contributed by atoms with Gasteiger partial charge in [0.05, 0.1) is 12.8 Å². The highest BCUT2D eigenvalue weighted by atomic mass is 35.5. The van der Waals surface area contributed by atoms with E-state index >= 15 is 0 Å². The Morgan fingerprint density at radius 2 is 1.82 bits per heavy atom. The monoisotopic (exact) mass is 466 g/mol. The Bertz CT molecular complexity index is 1170. The first-order valence-corrected chi connectivity index (χ1v) is 11.4. The van der Waals surface area contributed by atoms with E-state index in [2.05, 4.69) is 10.00 Å². The predicted molar refractivity (Wildman–Crippen MR) is 130 cm³/mol. The van der Waals surface area contributed by atoms with E-state index in [4.69, 9.17) is 16.3 Å². The number of aromatic nitrogens is 2. The van der Waals surface area contributed by atoms with Crippen LogP contribution in [0.25, 0.3) is 11.3 Å². The van der Waals surface area contributed by atoms with Crippen LogP contribution in [0.1, 0.15) is 12.8 Å². The average Bonchev–Trinajstić information content (AvgIpc) is 2.85. The van der Waals surface area contributed by atoms with Crippen LogP contribution in [0, 0.1) is 0 Å². The van der Waals surface area contributed by atoms with Gasteiger partial charge in [-0.3, -0.25) is 9.59 Å². The van der Waals surface area contributed by atoms with Gasteiger partial charge in [0.2, 0.25) is 5.91 Å². The highest BCUT2D eigenvalue weighted by molar-refractivity contribution is 6.30. The van der Waals surface area contributed by atoms with Gasteiger partial charge in [0.1, 0.15) is 5.75 Å². The summed E-state index contributed by atoms with van der Waals surface area (Å²) < 4.78 is 6.70. The fourth-order valence-corrected chi connectivity index (χ4v) is 4.16. The molecule has 3 aromatic rings. The molecule has 1 amide bonds. The van der Waals surface area contributed by atoms with Gasteiger partial charge in [0, 0.05) is 61.5 Å². The maximum absolute atomic E-state index is 12.7. The van der Waals surface area contributed by atoms with Crippen LogP contribution in [0.15, 0.2) is 65.5 Å². The number of aryl methyl sites for hydroxylation is 1. The number of rotatable bonds is 7. The van der Waals surface area contributed by atoms with Crippen LogP contribution in [0.3, 0.4) is 0 Å². The van der Waals surface area contributed by atoms with E-state index in [1.807, 2.05) is 53.4 Å². The molecule has 1 aromatic heterocycles. The van der Waals surface area contributed by atoms with Crippen LogP contribution < -0.4 is 15.2 Å². The first kappa shape index (κ1) is 22.9. The first-order valence-electron chi connectivity index (χ1n) is 11.0. The van der Waals surface area contributed by atoms with Gasteiger partial charge in [0.25, 0.3) is 5.56 Å². The van der Waals surface area contributed by atoms with Crippen molar-refractivity contribution in [3.8, 4) is 17.0 Å². The third kappa shape index (κ3) is 5.73. The largest absolute Gasteiger partial charge is 0.497 e. The Balaban J connectivity index is 1.30. The minimum absolute atomic E-state index is 0.109. The molecule has 0 unspecified atom stereocenters. The number of amides is 1. The molecule has 0 radical (unpaired) electrons. The molecule has 33 heavy (non-hydrogen) atoms. The van der Waals surface area contributed by atoms with Gasteiger partial charge in [-0.1, -0.05) is 29.8 Å². The van der Waals surface area contributed by atoms with Crippen LogP contribution in [0.5, 0.6) is 5.75 Å². The zero-order valence-corrected chi connectivity index (χ0v) is 19.4. The smallest absolute Gasteiger partial charge is 0.266 e.